The molecule has 0 bridgehead atoms. The SMILES string of the molecule is O=C(CCc1n[nH]c(=O)[nH]1)NC1Cc2ccccc2C1. The third-order valence-corrected chi connectivity index (χ3v) is 3.56. The zero-order valence-electron chi connectivity index (χ0n) is 11.0. The fraction of sp³-hybridized carbons (Fsp3) is 0.357. The number of H-pyrrole nitrogens is 2. The molecule has 20 heavy (non-hydrogen) atoms. The quantitative estimate of drug-likeness (QED) is 0.748. The van der Waals surface area contributed by atoms with E-state index in [4.69, 9.17) is 0 Å². The number of fused-ring (bicyclic) bond motifs is 1. The van der Waals surface area contributed by atoms with Crippen LogP contribution >= 0.6 is 0 Å². The Hall–Kier alpha value is -2.37. The highest BCUT2D eigenvalue weighted by Gasteiger charge is 2.22. The van der Waals surface area contributed by atoms with Crippen molar-refractivity contribution < 1.29 is 4.79 Å². The van der Waals surface area contributed by atoms with Crippen LogP contribution in [0, 0.1) is 0 Å². The standard InChI is InChI=1S/C14H16N4O2/c19-13(6-5-12-16-14(20)18-17-12)15-11-7-9-3-1-2-4-10(9)8-11/h1-4,11H,5-8H2,(H,15,19)(H2,16,17,18,20). The summed E-state index contributed by atoms with van der Waals surface area (Å²) in [6.45, 7) is 0. The van der Waals surface area contributed by atoms with Gasteiger partial charge in [-0.15, -0.1) is 0 Å². The van der Waals surface area contributed by atoms with Crippen LogP contribution in [0.1, 0.15) is 23.4 Å². The molecule has 3 N–H and O–H groups in total. The Morgan fingerprint density at radius 1 is 1.30 bits per heavy atom. The van der Waals surface area contributed by atoms with Gasteiger partial charge in [-0.05, 0) is 24.0 Å². The molecule has 0 radical (unpaired) electrons. The molecule has 3 rings (SSSR count). The number of aryl methyl sites for hydroxylation is 1. The highest BCUT2D eigenvalue weighted by molar-refractivity contribution is 5.76. The van der Waals surface area contributed by atoms with E-state index in [1.807, 2.05) is 12.1 Å². The van der Waals surface area contributed by atoms with Crippen molar-refractivity contribution in [3.63, 3.8) is 0 Å². The highest BCUT2D eigenvalue weighted by atomic mass is 16.2. The number of benzene rings is 1. The lowest BCUT2D eigenvalue weighted by molar-refractivity contribution is -0.121. The van der Waals surface area contributed by atoms with Crippen LogP contribution in [0.2, 0.25) is 0 Å². The summed E-state index contributed by atoms with van der Waals surface area (Å²) in [5, 5.41) is 9.10. The second kappa shape index (κ2) is 5.32. The summed E-state index contributed by atoms with van der Waals surface area (Å²) in [6, 6.07) is 8.44. The van der Waals surface area contributed by atoms with E-state index in [9.17, 15) is 9.59 Å². The first-order valence-electron chi connectivity index (χ1n) is 6.70. The third kappa shape index (κ3) is 2.79. The van der Waals surface area contributed by atoms with Gasteiger partial charge in [-0.2, -0.15) is 5.10 Å². The Balaban J connectivity index is 1.50. The summed E-state index contributed by atoms with van der Waals surface area (Å²) in [7, 11) is 0. The molecule has 6 nitrogen and oxygen atoms in total. The predicted octanol–water partition coefficient (Wildman–Crippen LogP) is 0.314. The Morgan fingerprint density at radius 3 is 2.60 bits per heavy atom. The average molecular weight is 272 g/mol. The molecule has 1 aromatic carbocycles. The van der Waals surface area contributed by atoms with E-state index < -0.39 is 0 Å². The van der Waals surface area contributed by atoms with E-state index in [2.05, 4.69) is 32.6 Å². The van der Waals surface area contributed by atoms with Crippen molar-refractivity contribution >= 4 is 5.91 Å². The van der Waals surface area contributed by atoms with Gasteiger partial charge in [0.15, 0.2) is 0 Å². The summed E-state index contributed by atoms with van der Waals surface area (Å²) in [4.78, 5) is 25.3. The largest absolute Gasteiger partial charge is 0.353 e. The molecule has 0 fully saturated rings. The lowest BCUT2D eigenvalue weighted by Crippen LogP contribution is -2.35. The molecule has 2 aromatic rings. The molecule has 0 spiro atoms. The van der Waals surface area contributed by atoms with E-state index in [1.54, 1.807) is 0 Å². The van der Waals surface area contributed by atoms with Crippen LogP contribution < -0.4 is 11.0 Å². The van der Waals surface area contributed by atoms with Crippen molar-refractivity contribution in [2.24, 2.45) is 0 Å². The normalized spacial score (nSPS) is 14.2. The zero-order chi connectivity index (χ0) is 13.9. The van der Waals surface area contributed by atoms with E-state index in [0.29, 0.717) is 18.7 Å². The Bertz CT molecular complexity index is 649. The summed E-state index contributed by atoms with van der Waals surface area (Å²) >= 11 is 0. The number of carbonyl (C=O) groups is 1. The number of rotatable bonds is 4. The van der Waals surface area contributed by atoms with Gasteiger partial charge in [-0.1, -0.05) is 24.3 Å². The number of amides is 1. The zero-order valence-corrected chi connectivity index (χ0v) is 11.0. The predicted molar refractivity (Wildman–Crippen MR) is 73.3 cm³/mol. The second-order valence-corrected chi connectivity index (χ2v) is 5.07. The number of hydrogen-bond acceptors (Lipinski definition) is 3. The lowest BCUT2D eigenvalue weighted by atomic mass is 10.1. The van der Waals surface area contributed by atoms with E-state index >= 15 is 0 Å². The van der Waals surface area contributed by atoms with E-state index in [-0.39, 0.29) is 17.6 Å². The summed E-state index contributed by atoms with van der Waals surface area (Å²) in [5.74, 6) is 0.506. The van der Waals surface area contributed by atoms with Crippen molar-refractivity contribution in [2.75, 3.05) is 0 Å². The van der Waals surface area contributed by atoms with Crippen LogP contribution in [0.15, 0.2) is 29.1 Å². The van der Waals surface area contributed by atoms with E-state index in [1.165, 1.54) is 11.1 Å². The monoisotopic (exact) mass is 272 g/mol. The maximum atomic E-state index is 11.9. The maximum Gasteiger partial charge on any atom is 0.340 e. The first-order valence-corrected chi connectivity index (χ1v) is 6.70. The number of nitrogens with one attached hydrogen (secondary N) is 3. The van der Waals surface area contributed by atoms with Crippen molar-refractivity contribution in [3.8, 4) is 0 Å². The van der Waals surface area contributed by atoms with Gasteiger partial charge in [0.2, 0.25) is 5.91 Å². The Morgan fingerprint density at radius 2 is 2.00 bits per heavy atom. The lowest BCUT2D eigenvalue weighted by Gasteiger charge is -2.11. The minimum atomic E-state index is -0.341. The van der Waals surface area contributed by atoms with Gasteiger partial charge in [0.05, 0.1) is 0 Å². The molecule has 1 aliphatic carbocycles. The van der Waals surface area contributed by atoms with Gasteiger partial charge in [-0.3, -0.25) is 9.78 Å². The summed E-state index contributed by atoms with van der Waals surface area (Å²) < 4.78 is 0. The molecule has 1 aliphatic rings. The molecule has 0 saturated carbocycles. The fourth-order valence-electron chi connectivity index (χ4n) is 2.62. The molecule has 1 aromatic heterocycles. The molecule has 0 saturated heterocycles. The van der Waals surface area contributed by atoms with Gasteiger partial charge < -0.3 is 5.32 Å². The van der Waals surface area contributed by atoms with Crippen LogP contribution in [0.4, 0.5) is 0 Å². The van der Waals surface area contributed by atoms with Gasteiger partial charge in [0.1, 0.15) is 5.82 Å². The Kier molecular flexibility index (Phi) is 3.37. The van der Waals surface area contributed by atoms with Gasteiger partial charge in [0.25, 0.3) is 0 Å². The molecule has 0 atom stereocenters. The van der Waals surface area contributed by atoms with Crippen LogP contribution in [0.25, 0.3) is 0 Å². The van der Waals surface area contributed by atoms with Crippen LogP contribution in [0.3, 0.4) is 0 Å². The minimum absolute atomic E-state index is 0.00773. The van der Waals surface area contributed by atoms with Crippen molar-refractivity contribution in [1.82, 2.24) is 20.5 Å². The second-order valence-electron chi connectivity index (χ2n) is 5.07. The fourth-order valence-corrected chi connectivity index (χ4v) is 2.62. The first kappa shape index (κ1) is 12.7. The van der Waals surface area contributed by atoms with Crippen molar-refractivity contribution in [3.05, 3.63) is 51.7 Å². The first-order chi connectivity index (χ1) is 9.70. The number of nitrogens with zero attached hydrogens (tertiary/aromatic N) is 1. The minimum Gasteiger partial charge on any atom is -0.353 e. The molecule has 0 unspecified atom stereocenters. The molecule has 1 heterocycles. The number of aromatic nitrogens is 3. The van der Waals surface area contributed by atoms with Gasteiger partial charge >= 0.3 is 5.69 Å². The number of carbonyl (C=O) groups excluding carboxylic acids is 1. The summed E-state index contributed by atoms with van der Waals surface area (Å²) in [6.07, 6.45) is 2.54. The molecule has 1 amide bonds. The smallest absolute Gasteiger partial charge is 0.340 e. The van der Waals surface area contributed by atoms with Crippen LogP contribution in [-0.2, 0) is 24.1 Å². The Labute approximate surface area is 115 Å². The van der Waals surface area contributed by atoms with Gasteiger partial charge in [0, 0.05) is 18.9 Å². The highest BCUT2D eigenvalue weighted by Crippen LogP contribution is 2.21. The molecule has 0 aliphatic heterocycles. The maximum absolute atomic E-state index is 11.9. The average Bonchev–Trinajstić information content (AvgIpc) is 3.01. The number of hydrogen-bond donors (Lipinski definition) is 3. The molecule has 104 valence electrons. The van der Waals surface area contributed by atoms with Crippen molar-refractivity contribution in [2.45, 2.75) is 31.7 Å². The van der Waals surface area contributed by atoms with Gasteiger partial charge in [-0.25, -0.2) is 9.89 Å². The molecular weight excluding hydrogens is 256 g/mol. The number of aromatic amines is 2. The third-order valence-electron chi connectivity index (χ3n) is 3.56. The summed E-state index contributed by atoms with van der Waals surface area (Å²) in [5.41, 5.74) is 2.29. The van der Waals surface area contributed by atoms with E-state index in [0.717, 1.165) is 12.8 Å². The molecule has 6 heteroatoms. The van der Waals surface area contributed by atoms with Crippen LogP contribution in [-0.4, -0.2) is 27.1 Å². The topological polar surface area (TPSA) is 90.6 Å². The van der Waals surface area contributed by atoms with Crippen LogP contribution in [0.5, 0.6) is 0 Å². The van der Waals surface area contributed by atoms with Crippen molar-refractivity contribution in [1.29, 1.82) is 0 Å². The molecular formula is C14H16N4O2.